The molecule has 0 aliphatic heterocycles. The molecule has 0 unspecified atom stereocenters. The van der Waals surface area contributed by atoms with Crippen molar-refractivity contribution in [2.24, 2.45) is 0 Å². The zero-order valence-electron chi connectivity index (χ0n) is 13.9. The molecule has 134 valence electrons. The van der Waals surface area contributed by atoms with Crippen LogP contribution in [0.15, 0.2) is 65.6 Å². The molecule has 0 aliphatic carbocycles. The molecule has 0 bridgehead atoms. The minimum atomic E-state index is -3.89. The fourth-order valence-corrected chi connectivity index (χ4v) is 3.37. The Hall–Kier alpha value is -3.00. The highest BCUT2D eigenvalue weighted by atomic mass is 32.2. The molecular weight excluding hydrogens is 357 g/mol. The molecule has 6 nitrogen and oxygen atoms in total. The number of nitrogens with one attached hydrogen (secondary N) is 1. The zero-order chi connectivity index (χ0) is 18.6. The van der Waals surface area contributed by atoms with Crippen LogP contribution in [-0.2, 0) is 10.0 Å². The molecule has 0 saturated heterocycles. The minimum Gasteiger partial charge on any atom is -0.477 e. The summed E-state index contributed by atoms with van der Waals surface area (Å²) in [7, 11) is -3.89. The predicted molar refractivity (Wildman–Crippen MR) is 95.8 cm³/mol. The lowest BCUT2D eigenvalue weighted by Crippen LogP contribution is -2.13. The maximum absolute atomic E-state index is 13.3. The second-order valence-corrected chi connectivity index (χ2v) is 7.02. The SMILES string of the molecule is CCOc1ccc(-c2cccc(NS(=O)(=O)c3cccc(F)c3)c2)nn1. The van der Waals surface area contributed by atoms with Gasteiger partial charge < -0.3 is 4.74 Å². The average molecular weight is 373 g/mol. The molecule has 1 heterocycles. The van der Waals surface area contributed by atoms with Gasteiger partial charge in [-0.1, -0.05) is 18.2 Å². The van der Waals surface area contributed by atoms with E-state index in [1.165, 1.54) is 18.2 Å². The first-order chi connectivity index (χ1) is 12.5. The first-order valence-corrected chi connectivity index (χ1v) is 9.31. The van der Waals surface area contributed by atoms with E-state index in [1.807, 2.05) is 6.92 Å². The summed E-state index contributed by atoms with van der Waals surface area (Å²) in [5, 5.41) is 8.03. The van der Waals surface area contributed by atoms with Gasteiger partial charge in [0.2, 0.25) is 5.88 Å². The monoisotopic (exact) mass is 373 g/mol. The molecular formula is C18H16FN3O3S. The van der Waals surface area contributed by atoms with Gasteiger partial charge in [0.25, 0.3) is 10.0 Å². The molecule has 0 atom stereocenters. The third-order valence-corrected chi connectivity index (χ3v) is 4.83. The van der Waals surface area contributed by atoms with E-state index in [4.69, 9.17) is 4.74 Å². The standard InChI is InChI=1S/C18H16FN3O3S/c1-2-25-18-10-9-17(20-21-18)13-5-3-7-15(11-13)22-26(23,24)16-8-4-6-14(19)12-16/h3-12,22H,2H2,1H3. The molecule has 0 spiro atoms. The normalized spacial score (nSPS) is 11.2. The molecule has 1 N–H and O–H groups in total. The summed E-state index contributed by atoms with van der Waals surface area (Å²) in [6, 6.07) is 14.9. The summed E-state index contributed by atoms with van der Waals surface area (Å²) in [5.41, 5.74) is 1.59. The van der Waals surface area contributed by atoms with Gasteiger partial charge in [-0.3, -0.25) is 4.72 Å². The fraction of sp³-hybridized carbons (Fsp3) is 0.111. The number of anilines is 1. The Labute approximate surface area is 150 Å². The topological polar surface area (TPSA) is 81.2 Å². The Morgan fingerprint density at radius 1 is 1.04 bits per heavy atom. The molecule has 2 aromatic carbocycles. The van der Waals surface area contributed by atoms with Crippen LogP contribution in [-0.4, -0.2) is 25.2 Å². The predicted octanol–water partition coefficient (Wildman–Crippen LogP) is 3.48. The van der Waals surface area contributed by atoms with Crippen molar-refractivity contribution in [3.05, 3.63) is 66.5 Å². The van der Waals surface area contributed by atoms with Crippen LogP contribution in [0, 0.1) is 5.82 Å². The maximum Gasteiger partial charge on any atom is 0.261 e. The first-order valence-electron chi connectivity index (χ1n) is 7.83. The Balaban J connectivity index is 1.85. The number of halogens is 1. The van der Waals surface area contributed by atoms with Gasteiger partial charge in [-0.05, 0) is 43.3 Å². The molecule has 0 radical (unpaired) electrons. The Morgan fingerprint density at radius 3 is 2.54 bits per heavy atom. The number of rotatable bonds is 6. The number of hydrogen-bond donors (Lipinski definition) is 1. The quantitative estimate of drug-likeness (QED) is 0.715. The fourth-order valence-electron chi connectivity index (χ4n) is 2.29. The summed E-state index contributed by atoms with van der Waals surface area (Å²) >= 11 is 0. The lowest BCUT2D eigenvalue weighted by Gasteiger charge is -2.09. The van der Waals surface area contributed by atoms with Crippen molar-refractivity contribution in [2.75, 3.05) is 11.3 Å². The van der Waals surface area contributed by atoms with Gasteiger partial charge in [-0.25, -0.2) is 12.8 Å². The number of aromatic nitrogens is 2. The van der Waals surface area contributed by atoms with Crippen molar-refractivity contribution in [1.82, 2.24) is 10.2 Å². The van der Waals surface area contributed by atoms with Gasteiger partial charge in [-0.2, -0.15) is 0 Å². The van der Waals surface area contributed by atoms with E-state index in [0.717, 1.165) is 6.07 Å². The van der Waals surface area contributed by atoms with E-state index >= 15 is 0 Å². The molecule has 1 aromatic heterocycles. The summed E-state index contributed by atoms with van der Waals surface area (Å²) in [6.07, 6.45) is 0. The van der Waals surface area contributed by atoms with Crippen LogP contribution >= 0.6 is 0 Å². The van der Waals surface area contributed by atoms with Crippen LogP contribution in [0.1, 0.15) is 6.92 Å². The highest BCUT2D eigenvalue weighted by Crippen LogP contribution is 2.23. The Morgan fingerprint density at radius 2 is 1.85 bits per heavy atom. The van der Waals surface area contributed by atoms with Gasteiger partial charge in [-0.15, -0.1) is 10.2 Å². The highest BCUT2D eigenvalue weighted by molar-refractivity contribution is 7.92. The van der Waals surface area contributed by atoms with Gasteiger partial charge >= 0.3 is 0 Å². The van der Waals surface area contributed by atoms with Crippen LogP contribution in [0.25, 0.3) is 11.3 Å². The first kappa shape index (κ1) is 17.8. The summed E-state index contributed by atoms with van der Waals surface area (Å²) in [4.78, 5) is -0.149. The number of nitrogens with zero attached hydrogens (tertiary/aromatic N) is 2. The Bertz CT molecular complexity index is 1010. The van der Waals surface area contributed by atoms with Crippen LogP contribution < -0.4 is 9.46 Å². The van der Waals surface area contributed by atoms with Crippen LogP contribution in [0.4, 0.5) is 10.1 Å². The van der Waals surface area contributed by atoms with Crippen LogP contribution in [0.5, 0.6) is 5.88 Å². The molecule has 8 heteroatoms. The second-order valence-electron chi connectivity index (χ2n) is 5.33. The molecule has 3 aromatic rings. The van der Waals surface area contributed by atoms with E-state index in [2.05, 4.69) is 14.9 Å². The zero-order valence-corrected chi connectivity index (χ0v) is 14.7. The maximum atomic E-state index is 13.3. The lowest BCUT2D eigenvalue weighted by molar-refractivity contribution is 0.323. The number of benzene rings is 2. The third kappa shape index (κ3) is 4.15. The lowest BCUT2D eigenvalue weighted by atomic mass is 10.1. The van der Waals surface area contributed by atoms with Crippen molar-refractivity contribution in [1.29, 1.82) is 0 Å². The van der Waals surface area contributed by atoms with E-state index in [9.17, 15) is 12.8 Å². The Kier molecular flexibility index (Phi) is 5.13. The molecule has 26 heavy (non-hydrogen) atoms. The molecule has 0 amide bonds. The molecule has 0 fully saturated rings. The molecule has 3 rings (SSSR count). The van der Waals surface area contributed by atoms with Crippen LogP contribution in [0.2, 0.25) is 0 Å². The van der Waals surface area contributed by atoms with Gasteiger partial charge in [0.05, 0.1) is 17.2 Å². The second kappa shape index (κ2) is 7.49. The van der Waals surface area contributed by atoms with E-state index in [0.29, 0.717) is 29.4 Å². The minimum absolute atomic E-state index is 0.149. The average Bonchev–Trinajstić information content (AvgIpc) is 2.62. The van der Waals surface area contributed by atoms with Crippen molar-refractivity contribution in [2.45, 2.75) is 11.8 Å². The highest BCUT2D eigenvalue weighted by Gasteiger charge is 2.15. The third-order valence-electron chi connectivity index (χ3n) is 3.45. The molecule has 0 aliphatic rings. The van der Waals surface area contributed by atoms with Gasteiger partial charge in [0.1, 0.15) is 5.82 Å². The summed E-state index contributed by atoms with van der Waals surface area (Å²) in [6.45, 7) is 2.34. The smallest absolute Gasteiger partial charge is 0.261 e. The summed E-state index contributed by atoms with van der Waals surface area (Å²) in [5.74, 6) is -0.203. The van der Waals surface area contributed by atoms with Crippen molar-refractivity contribution in [3.8, 4) is 17.1 Å². The van der Waals surface area contributed by atoms with Gasteiger partial charge in [0, 0.05) is 17.3 Å². The number of sulfonamides is 1. The summed E-state index contributed by atoms with van der Waals surface area (Å²) < 4.78 is 45.8. The largest absolute Gasteiger partial charge is 0.477 e. The van der Waals surface area contributed by atoms with Crippen molar-refractivity contribution >= 4 is 15.7 Å². The van der Waals surface area contributed by atoms with E-state index < -0.39 is 15.8 Å². The van der Waals surface area contributed by atoms with Gasteiger partial charge in [0.15, 0.2) is 0 Å². The number of ether oxygens (including phenoxy) is 1. The van der Waals surface area contributed by atoms with Crippen molar-refractivity contribution in [3.63, 3.8) is 0 Å². The van der Waals surface area contributed by atoms with Crippen molar-refractivity contribution < 1.29 is 17.5 Å². The van der Waals surface area contributed by atoms with E-state index in [1.54, 1.807) is 36.4 Å². The molecule has 0 saturated carbocycles. The van der Waals surface area contributed by atoms with Crippen LogP contribution in [0.3, 0.4) is 0 Å². The van der Waals surface area contributed by atoms with E-state index in [-0.39, 0.29) is 4.90 Å². The number of hydrogen-bond acceptors (Lipinski definition) is 5.